The molecule has 0 heterocycles. The Morgan fingerprint density at radius 2 is 1.60 bits per heavy atom. The minimum Gasteiger partial charge on any atom is -0.875 e. The summed E-state index contributed by atoms with van der Waals surface area (Å²) in [4.78, 5) is 0. The third-order valence-corrected chi connectivity index (χ3v) is 2.74. The molecule has 0 unspecified atom stereocenters. The second-order valence-electron chi connectivity index (χ2n) is 4.11. The molecule has 1 heteroatoms. The lowest BCUT2D eigenvalue weighted by molar-refractivity contribution is -0.307. The largest absolute Gasteiger partial charge is 0.875 e. The van der Waals surface area contributed by atoms with Crippen molar-refractivity contribution in [1.82, 2.24) is 0 Å². The summed E-state index contributed by atoms with van der Waals surface area (Å²) in [5.41, 5.74) is 0.878. The van der Waals surface area contributed by atoms with Crippen LogP contribution >= 0.6 is 0 Å². The van der Waals surface area contributed by atoms with Gasteiger partial charge in [0, 0.05) is 0 Å². The van der Waals surface area contributed by atoms with E-state index in [2.05, 4.69) is 6.92 Å². The molecule has 0 saturated heterocycles. The zero-order valence-corrected chi connectivity index (χ0v) is 9.67. The normalized spacial score (nSPS) is 13.8. The van der Waals surface area contributed by atoms with Crippen molar-refractivity contribution < 1.29 is 5.11 Å². The van der Waals surface area contributed by atoms with Crippen LogP contribution in [0.5, 0.6) is 0 Å². The Kier molecular flexibility index (Phi) is 5.91. The highest BCUT2D eigenvalue weighted by molar-refractivity contribution is 5.41. The van der Waals surface area contributed by atoms with Gasteiger partial charge in [-0.3, -0.25) is 0 Å². The maximum Gasteiger partial charge on any atom is -0.0376 e. The van der Waals surface area contributed by atoms with Crippen molar-refractivity contribution in [3.8, 4) is 0 Å². The van der Waals surface area contributed by atoms with Gasteiger partial charge in [0.15, 0.2) is 0 Å². The molecule has 0 aromatic rings. The maximum atomic E-state index is 11.6. The smallest absolute Gasteiger partial charge is 0.0376 e. The molecular weight excluding hydrogens is 184 g/mol. The van der Waals surface area contributed by atoms with Gasteiger partial charge in [0.05, 0.1) is 0 Å². The minimum atomic E-state index is 0.301. The van der Waals surface area contributed by atoms with Gasteiger partial charge in [-0.25, -0.2) is 0 Å². The first kappa shape index (κ1) is 12.1. The molecule has 0 N–H and O–H groups in total. The van der Waals surface area contributed by atoms with Gasteiger partial charge in [-0.15, -0.1) is 5.76 Å². The topological polar surface area (TPSA) is 23.1 Å². The van der Waals surface area contributed by atoms with Crippen molar-refractivity contribution in [2.45, 2.75) is 51.9 Å². The molecule has 0 atom stereocenters. The van der Waals surface area contributed by atoms with E-state index in [9.17, 15) is 5.11 Å². The SMILES string of the molecule is CCCCCCCCC([O-])=C1C=CC=C1. The van der Waals surface area contributed by atoms with Crippen LogP contribution in [0.3, 0.4) is 0 Å². The van der Waals surface area contributed by atoms with E-state index in [-0.39, 0.29) is 0 Å². The van der Waals surface area contributed by atoms with Crippen LogP contribution in [0.25, 0.3) is 0 Å². The number of hydrogen-bond acceptors (Lipinski definition) is 1. The average Bonchev–Trinajstić information content (AvgIpc) is 2.76. The third kappa shape index (κ3) is 4.87. The number of rotatable bonds is 7. The van der Waals surface area contributed by atoms with Gasteiger partial charge in [-0.1, -0.05) is 69.8 Å². The molecule has 1 aliphatic rings. The van der Waals surface area contributed by atoms with Crippen LogP contribution in [0.2, 0.25) is 0 Å². The Bertz CT molecular complexity index is 245. The minimum absolute atomic E-state index is 0.301. The molecule has 0 spiro atoms. The van der Waals surface area contributed by atoms with Gasteiger partial charge >= 0.3 is 0 Å². The molecule has 1 aliphatic carbocycles. The van der Waals surface area contributed by atoms with Crippen molar-refractivity contribution in [1.29, 1.82) is 0 Å². The molecular formula is C14H21O-. The quantitative estimate of drug-likeness (QED) is 0.461. The van der Waals surface area contributed by atoms with E-state index in [1.165, 1.54) is 32.1 Å². The Morgan fingerprint density at radius 1 is 1.00 bits per heavy atom. The summed E-state index contributed by atoms with van der Waals surface area (Å²) < 4.78 is 0. The van der Waals surface area contributed by atoms with Crippen LogP contribution in [0.1, 0.15) is 51.9 Å². The first-order valence-corrected chi connectivity index (χ1v) is 6.09. The lowest BCUT2D eigenvalue weighted by atomic mass is 10.1. The van der Waals surface area contributed by atoms with Gasteiger partial charge in [-0.05, 0) is 12.0 Å². The molecule has 0 saturated carbocycles. The van der Waals surface area contributed by atoms with Crippen molar-refractivity contribution in [3.63, 3.8) is 0 Å². The molecule has 0 aliphatic heterocycles. The first-order chi connectivity index (χ1) is 7.34. The van der Waals surface area contributed by atoms with Crippen LogP contribution in [-0.2, 0) is 0 Å². The summed E-state index contributed by atoms with van der Waals surface area (Å²) in [6.45, 7) is 2.22. The second kappa shape index (κ2) is 7.33. The fourth-order valence-electron chi connectivity index (χ4n) is 1.77. The molecule has 0 amide bonds. The van der Waals surface area contributed by atoms with E-state index in [0.29, 0.717) is 5.76 Å². The van der Waals surface area contributed by atoms with Crippen molar-refractivity contribution in [3.05, 3.63) is 35.6 Å². The third-order valence-electron chi connectivity index (χ3n) is 2.74. The van der Waals surface area contributed by atoms with Crippen molar-refractivity contribution in [2.24, 2.45) is 0 Å². The Hall–Kier alpha value is -0.980. The summed E-state index contributed by atoms with van der Waals surface area (Å²) in [5.74, 6) is 0.301. The number of allylic oxidation sites excluding steroid dienone is 6. The zero-order chi connectivity index (χ0) is 10.9. The summed E-state index contributed by atoms with van der Waals surface area (Å²) in [6.07, 6.45) is 15.8. The second-order valence-corrected chi connectivity index (χ2v) is 4.11. The average molecular weight is 205 g/mol. The highest BCUT2D eigenvalue weighted by Gasteiger charge is 1.95. The molecule has 0 fully saturated rings. The van der Waals surface area contributed by atoms with Crippen LogP contribution in [-0.4, -0.2) is 0 Å². The first-order valence-electron chi connectivity index (χ1n) is 6.09. The Balaban J connectivity index is 2.07. The van der Waals surface area contributed by atoms with E-state index < -0.39 is 0 Å². The number of unbranched alkanes of at least 4 members (excludes halogenated alkanes) is 5. The molecule has 0 radical (unpaired) electrons. The van der Waals surface area contributed by atoms with Crippen LogP contribution < -0.4 is 5.11 Å². The Morgan fingerprint density at radius 3 is 2.27 bits per heavy atom. The Labute approximate surface area is 93.2 Å². The monoisotopic (exact) mass is 205 g/mol. The predicted molar refractivity (Wildman–Crippen MR) is 63.3 cm³/mol. The van der Waals surface area contributed by atoms with Gasteiger partial charge < -0.3 is 5.11 Å². The molecule has 0 aromatic carbocycles. The van der Waals surface area contributed by atoms with Crippen LogP contribution in [0, 0.1) is 0 Å². The van der Waals surface area contributed by atoms with Crippen molar-refractivity contribution in [2.75, 3.05) is 0 Å². The standard InChI is InChI=1S/C14H22O/c1-2-3-4-5-6-7-12-14(15)13-10-8-9-11-13/h8-11,15H,2-7,12H2,1H3/p-1. The van der Waals surface area contributed by atoms with Crippen molar-refractivity contribution >= 4 is 0 Å². The van der Waals surface area contributed by atoms with E-state index in [1.54, 1.807) is 0 Å². The summed E-state index contributed by atoms with van der Waals surface area (Å²) in [5, 5.41) is 11.6. The van der Waals surface area contributed by atoms with E-state index in [4.69, 9.17) is 0 Å². The van der Waals surface area contributed by atoms with Gasteiger partial charge in [0.1, 0.15) is 0 Å². The molecule has 84 valence electrons. The lowest BCUT2D eigenvalue weighted by Gasteiger charge is -2.13. The van der Waals surface area contributed by atoms with Gasteiger partial charge in [0.25, 0.3) is 0 Å². The molecule has 1 rings (SSSR count). The van der Waals surface area contributed by atoms with Crippen LogP contribution in [0.15, 0.2) is 35.6 Å². The van der Waals surface area contributed by atoms with E-state index in [0.717, 1.165) is 18.4 Å². The fraction of sp³-hybridized carbons (Fsp3) is 0.571. The maximum absolute atomic E-state index is 11.6. The molecule has 15 heavy (non-hydrogen) atoms. The molecule has 1 nitrogen and oxygen atoms in total. The zero-order valence-electron chi connectivity index (χ0n) is 9.67. The summed E-state index contributed by atoms with van der Waals surface area (Å²) >= 11 is 0. The lowest BCUT2D eigenvalue weighted by Crippen LogP contribution is -2.05. The summed E-state index contributed by atoms with van der Waals surface area (Å²) in [6, 6.07) is 0. The summed E-state index contributed by atoms with van der Waals surface area (Å²) in [7, 11) is 0. The van der Waals surface area contributed by atoms with Gasteiger partial charge in [-0.2, -0.15) is 0 Å². The highest BCUT2D eigenvalue weighted by Crippen LogP contribution is 2.15. The van der Waals surface area contributed by atoms with E-state index >= 15 is 0 Å². The molecule has 0 aromatic heterocycles. The fourth-order valence-corrected chi connectivity index (χ4v) is 1.77. The predicted octanol–water partition coefficient (Wildman–Crippen LogP) is 3.48. The highest BCUT2D eigenvalue weighted by atomic mass is 16.3. The van der Waals surface area contributed by atoms with Gasteiger partial charge in [0.2, 0.25) is 0 Å². The number of hydrogen-bond donors (Lipinski definition) is 0. The van der Waals surface area contributed by atoms with Crippen LogP contribution in [0.4, 0.5) is 0 Å². The van der Waals surface area contributed by atoms with E-state index in [1.807, 2.05) is 24.3 Å². The molecule has 0 bridgehead atoms.